The highest BCUT2D eigenvalue weighted by Gasteiger charge is 2.37. The Morgan fingerprint density at radius 2 is 1.71 bits per heavy atom. The van der Waals surface area contributed by atoms with Gasteiger partial charge in [-0.25, -0.2) is 17.2 Å². The first-order valence-electron chi connectivity index (χ1n) is 9.60. The van der Waals surface area contributed by atoms with Gasteiger partial charge in [-0.15, -0.1) is 0 Å². The number of esters is 1. The van der Waals surface area contributed by atoms with Gasteiger partial charge in [-0.3, -0.25) is 4.79 Å². The number of rotatable bonds is 6. The number of benzene rings is 2. The van der Waals surface area contributed by atoms with Crippen molar-refractivity contribution in [3.63, 3.8) is 0 Å². The molecule has 0 aromatic heterocycles. The minimum Gasteiger partial charge on any atom is -0.459 e. The number of nitrogens with one attached hydrogen (secondary N) is 1. The van der Waals surface area contributed by atoms with Crippen molar-refractivity contribution in [3.8, 4) is 0 Å². The van der Waals surface area contributed by atoms with Crippen LogP contribution in [0.4, 0.5) is 8.78 Å². The quantitative estimate of drug-likeness (QED) is 0.597. The molecule has 0 fully saturated rings. The SMILES string of the molecule is Cc1ccc(F)c(C(C)[C@H](NS(=O)(=O)c2ccc(Cl)cc2F)C(=O)OC(C)(C)C)c1C. The van der Waals surface area contributed by atoms with E-state index in [2.05, 4.69) is 4.72 Å². The molecule has 170 valence electrons. The molecule has 2 atom stereocenters. The molecule has 1 unspecified atom stereocenters. The fourth-order valence-corrected chi connectivity index (χ4v) is 4.66. The van der Waals surface area contributed by atoms with Crippen LogP contribution < -0.4 is 4.72 Å². The maximum Gasteiger partial charge on any atom is 0.325 e. The highest BCUT2D eigenvalue weighted by molar-refractivity contribution is 7.89. The molecule has 0 saturated carbocycles. The van der Waals surface area contributed by atoms with Crippen molar-refractivity contribution in [2.45, 2.75) is 64.0 Å². The summed E-state index contributed by atoms with van der Waals surface area (Å²) < 4.78 is 62.4. The lowest BCUT2D eigenvalue weighted by atomic mass is 9.88. The molecule has 2 rings (SSSR count). The van der Waals surface area contributed by atoms with Gasteiger partial charge < -0.3 is 4.74 Å². The van der Waals surface area contributed by atoms with Gasteiger partial charge in [0.1, 0.15) is 28.2 Å². The summed E-state index contributed by atoms with van der Waals surface area (Å²) in [6.45, 7) is 9.85. The van der Waals surface area contributed by atoms with Crippen molar-refractivity contribution in [2.75, 3.05) is 0 Å². The van der Waals surface area contributed by atoms with E-state index in [9.17, 15) is 22.0 Å². The first kappa shape index (κ1) is 25.2. The third-order valence-electron chi connectivity index (χ3n) is 4.81. The van der Waals surface area contributed by atoms with Crippen molar-refractivity contribution in [1.82, 2.24) is 4.72 Å². The summed E-state index contributed by atoms with van der Waals surface area (Å²) in [6.07, 6.45) is 0. The summed E-state index contributed by atoms with van der Waals surface area (Å²) in [5.74, 6) is -3.51. The average Bonchev–Trinajstić information content (AvgIpc) is 2.61. The number of hydrogen-bond donors (Lipinski definition) is 1. The van der Waals surface area contributed by atoms with Crippen LogP contribution in [0, 0.1) is 25.5 Å². The smallest absolute Gasteiger partial charge is 0.325 e. The third kappa shape index (κ3) is 6.02. The fourth-order valence-electron chi connectivity index (χ4n) is 3.17. The van der Waals surface area contributed by atoms with Crippen molar-refractivity contribution < 1.29 is 26.7 Å². The number of sulfonamides is 1. The Morgan fingerprint density at radius 3 is 2.26 bits per heavy atom. The number of carbonyl (C=O) groups is 1. The molecule has 2 aromatic rings. The molecule has 31 heavy (non-hydrogen) atoms. The summed E-state index contributed by atoms with van der Waals surface area (Å²) in [4.78, 5) is 12.3. The van der Waals surface area contributed by atoms with E-state index in [4.69, 9.17) is 16.3 Å². The first-order valence-corrected chi connectivity index (χ1v) is 11.5. The summed E-state index contributed by atoms with van der Waals surface area (Å²) >= 11 is 5.70. The van der Waals surface area contributed by atoms with E-state index in [1.807, 2.05) is 0 Å². The van der Waals surface area contributed by atoms with Crippen molar-refractivity contribution >= 4 is 27.6 Å². The van der Waals surface area contributed by atoms with E-state index in [0.29, 0.717) is 5.56 Å². The van der Waals surface area contributed by atoms with Crippen LogP contribution in [0.3, 0.4) is 0 Å². The maximum atomic E-state index is 14.7. The van der Waals surface area contributed by atoms with Gasteiger partial charge >= 0.3 is 5.97 Å². The van der Waals surface area contributed by atoms with Crippen LogP contribution in [-0.4, -0.2) is 26.0 Å². The summed E-state index contributed by atoms with van der Waals surface area (Å²) in [5.41, 5.74) is 0.609. The van der Waals surface area contributed by atoms with Gasteiger partial charge in [-0.05, 0) is 75.6 Å². The topological polar surface area (TPSA) is 72.5 Å². The van der Waals surface area contributed by atoms with Crippen LogP contribution >= 0.6 is 11.6 Å². The number of aryl methyl sites for hydroxylation is 1. The predicted octanol–water partition coefficient (Wildman–Crippen LogP) is 5.03. The van der Waals surface area contributed by atoms with Gasteiger partial charge in [0.25, 0.3) is 0 Å². The zero-order valence-electron chi connectivity index (χ0n) is 18.2. The zero-order chi connectivity index (χ0) is 23.7. The largest absolute Gasteiger partial charge is 0.459 e. The third-order valence-corrected chi connectivity index (χ3v) is 6.52. The standard InChI is InChI=1S/C22H26ClF2NO4S/c1-12-7-9-16(24)19(13(12)2)14(3)20(21(27)30-22(4,5)6)26-31(28,29)18-10-8-15(23)11-17(18)25/h7-11,14,20,26H,1-6H3/t14?,20-/m0/s1. The van der Waals surface area contributed by atoms with E-state index in [-0.39, 0.29) is 10.6 Å². The lowest BCUT2D eigenvalue weighted by molar-refractivity contribution is -0.157. The van der Waals surface area contributed by atoms with Crippen LogP contribution in [0.5, 0.6) is 0 Å². The van der Waals surface area contributed by atoms with E-state index >= 15 is 0 Å². The van der Waals surface area contributed by atoms with Gasteiger partial charge in [0.15, 0.2) is 0 Å². The Kier molecular flexibility index (Phi) is 7.51. The number of hydrogen-bond acceptors (Lipinski definition) is 4. The van der Waals surface area contributed by atoms with E-state index in [1.54, 1.807) is 40.7 Å². The molecular formula is C22H26ClF2NO4S. The lowest BCUT2D eigenvalue weighted by Gasteiger charge is -2.29. The van der Waals surface area contributed by atoms with Crippen LogP contribution in [0.1, 0.15) is 50.3 Å². The molecule has 5 nitrogen and oxygen atoms in total. The molecule has 0 bridgehead atoms. The number of carbonyl (C=O) groups excluding carboxylic acids is 1. The normalized spacial score (nSPS) is 14.2. The molecule has 0 amide bonds. The van der Waals surface area contributed by atoms with Gasteiger partial charge in [-0.1, -0.05) is 24.6 Å². The molecule has 0 aliphatic rings. The summed E-state index contributed by atoms with van der Waals surface area (Å²) in [7, 11) is -4.50. The second kappa shape index (κ2) is 9.22. The molecular weight excluding hydrogens is 448 g/mol. The number of halogens is 3. The number of ether oxygens (including phenoxy) is 1. The highest BCUT2D eigenvalue weighted by atomic mass is 35.5. The molecule has 9 heteroatoms. The van der Waals surface area contributed by atoms with Gasteiger partial charge in [0.2, 0.25) is 10.0 Å². The minimum atomic E-state index is -4.50. The predicted molar refractivity (Wildman–Crippen MR) is 116 cm³/mol. The Bertz CT molecular complexity index is 1100. The Hall–Kier alpha value is -2.03. The van der Waals surface area contributed by atoms with Crippen molar-refractivity contribution in [3.05, 3.63) is 63.7 Å². The van der Waals surface area contributed by atoms with Gasteiger partial charge in [0.05, 0.1) is 0 Å². The molecule has 0 radical (unpaired) electrons. The molecule has 0 aliphatic heterocycles. The van der Waals surface area contributed by atoms with Gasteiger partial charge in [-0.2, -0.15) is 4.72 Å². The van der Waals surface area contributed by atoms with Crippen molar-refractivity contribution in [2.24, 2.45) is 0 Å². The van der Waals surface area contributed by atoms with E-state index in [0.717, 1.165) is 17.7 Å². The molecule has 2 aromatic carbocycles. The minimum absolute atomic E-state index is 0.0194. The van der Waals surface area contributed by atoms with Gasteiger partial charge in [0, 0.05) is 10.9 Å². The Morgan fingerprint density at radius 1 is 1.10 bits per heavy atom. The average molecular weight is 474 g/mol. The van der Waals surface area contributed by atoms with Crippen LogP contribution in [0.2, 0.25) is 5.02 Å². The summed E-state index contributed by atoms with van der Waals surface area (Å²) in [6, 6.07) is 4.41. The van der Waals surface area contributed by atoms with Crippen LogP contribution in [0.15, 0.2) is 35.2 Å². The lowest BCUT2D eigenvalue weighted by Crippen LogP contribution is -2.47. The van der Waals surface area contributed by atoms with Crippen molar-refractivity contribution in [1.29, 1.82) is 0 Å². The van der Waals surface area contributed by atoms with Crippen LogP contribution in [-0.2, 0) is 19.6 Å². The Labute approximate surface area is 186 Å². The second-order valence-electron chi connectivity index (χ2n) is 8.40. The molecule has 0 heterocycles. The molecule has 0 saturated heterocycles. The maximum absolute atomic E-state index is 14.7. The Balaban J connectivity index is 2.56. The molecule has 0 aliphatic carbocycles. The summed E-state index contributed by atoms with van der Waals surface area (Å²) in [5, 5.41) is 0.0194. The van der Waals surface area contributed by atoms with Crippen LogP contribution in [0.25, 0.3) is 0 Å². The van der Waals surface area contributed by atoms with E-state index in [1.165, 1.54) is 19.1 Å². The second-order valence-corrected chi connectivity index (χ2v) is 10.5. The molecule has 1 N–H and O–H groups in total. The fraction of sp³-hybridized carbons (Fsp3) is 0.409. The first-order chi connectivity index (χ1) is 14.1. The zero-order valence-corrected chi connectivity index (χ0v) is 19.8. The van der Waals surface area contributed by atoms with E-state index < -0.39 is 50.1 Å². The highest BCUT2D eigenvalue weighted by Crippen LogP contribution is 2.30. The molecule has 0 spiro atoms. The monoisotopic (exact) mass is 473 g/mol.